The third-order valence-corrected chi connectivity index (χ3v) is 6.08. The second-order valence-electron chi connectivity index (χ2n) is 5.68. The van der Waals surface area contributed by atoms with Crippen LogP contribution in [-0.4, -0.2) is 27.5 Å². The number of ether oxygens (including phenoxy) is 1. The molecule has 3 aromatic heterocycles. The monoisotopic (exact) mass is 376 g/mol. The minimum absolute atomic E-state index is 0.308. The van der Waals surface area contributed by atoms with Gasteiger partial charge in [-0.05, 0) is 40.2 Å². The van der Waals surface area contributed by atoms with Crippen LogP contribution in [0, 0.1) is 27.7 Å². The van der Waals surface area contributed by atoms with E-state index in [1.165, 1.54) is 16.2 Å². The van der Waals surface area contributed by atoms with Crippen molar-refractivity contribution in [2.45, 2.75) is 41.2 Å². The molecule has 1 N–H and O–H groups in total. The number of thiazole rings is 1. The number of rotatable bonds is 5. The molecule has 0 fully saturated rings. The summed E-state index contributed by atoms with van der Waals surface area (Å²) in [5.41, 5.74) is 1.91. The summed E-state index contributed by atoms with van der Waals surface area (Å²) in [6.45, 7) is 10.6. The minimum Gasteiger partial charge on any atom is -0.462 e. The Hall–Kier alpha value is -2.06. The number of aromatic nitrogens is 3. The number of carbonyl (C=O) groups is 1. The van der Waals surface area contributed by atoms with Crippen molar-refractivity contribution in [1.29, 1.82) is 0 Å². The Balaban J connectivity index is 1.97. The van der Waals surface area contributed by atoms with Gasteiger partial charge >= 0.3 is 5.97 Å². The zero-order valence-corrected chi connectivity index (χ0v) is 16.5. The van der Waals surface area contributed by atoms with E-state index in [-0.39, 0.29) is 5.97 Å². The van der Waals surface area contributed by atoms with Crippen molar-refractivity contribution in [3.8, 4) is 0 Å². The van der Waals surface area contributed by atoms with E-state index in [1.807, 2.05) is 20.8 Å². The average Bonchev–Trinajstić information content (AvgIpc) is 3.05. The molecule has 0 aliphatic carbocycles. The highest BCUT2D eigenvalue weighted by atomic mass is 32.1. The zero-order valence-electron chi connectivity index (χ0n) is 14.9. The van der Waals surface area contributed by atoms with Crippen molar-refractivity contribution in [2.24, 2.45) is 0 Å². The number of nitrogens with one attached hydrogen (secondary N) is 1. The number of nitrogens with zero attached hydrogens (tertiary/aromatic N) is 3. The van der Waals surface area contributed by atoms with E-state index in [0.717, 1.165) is 32.3 Å². The zero-order chi connectivity index (χ0) is 18.1. The molecule has 6 nitrogen and oxygen atoms in total. The molecule has 0 radical (unpaired) electrons. The molecule has 0 unspecified atom stereocenters. The third-order valence-electron chi connectivity index (χ3n) is 3.84. The largest absolute Gasteiger partial charge is 0.462 e. The van der Waals surface area contributed by atoms with Crippen molar-refractivity contribution in [3.05, 3.63) is 31.8 Å². The second kappa shape index (κ2) is 7.05. The first-order chi connectivity index (χ1) is 11.9. The lowest BCUT2D eigenvalue weighted by atomic mass is 10.2. The van der Waals surface area contributed by atoms with Crippen molar-refractivity contribution in [2.75, 3.05) is 11.9 Å². The van der Waals surface area contributed by atoms with E-state index in [4.69, 9.17) is 4.74 Å². The molecule has 0 atom stereocenters. The molecule has 132 valence electrons. The minimum atomic E-state index is -0.308. The van der Waals surface area contributed by atoms with Crippen LogP contribution in [0.3, 0.4) is 0 Å². The van der Waals surface area contributed by atoms with Gasteiger partial charge in [0, 0.05) is 4.88 Å². The van der Waals surface area contributed by atoms with E-state index in [2.05, 4.69) is 27.2 Å². The van der Waals surface area contributed by atoms with Gasteiger partial charge in [-0.15, -0.1) is 22.7 Å². The summed E-state index contributed by atoms with van der Waals surface area (Å²) in [5.74, 6) is 1.09. The average molecular weight is 377 g/mol. The Labute approximate surface area is 154 Å². The molecule has 0 saturated carbocycles. The summed E-state index contributed by atoms with van der Waals surface area (Å²) >= 11 is 3.03. The smallest absolute Gasteiger partial charge is 0.348 e. The Bertz CT molecular complexity index is 926. The van der Waals surface area contributed by atoms with Gasteiger partial charge in [0.1, 0.15) is 26.4 Å². The molecule has 3 heterocycles. The number of aryl methyl sites for hydroxylation is 4. The molecule has 0 bridgehead atoms. The lowest BCUT2D eigenvalue weighted by Crippen LogP contribution is -2.05. The Morgan fingerprint density at radius 3 is 2.52 bits per heavy atom. The Morgan fingerprint density at radius 2 is 1.88 bits per heavy atom. The number of hydrogen-bond acceptors (Lipinski definition) is 8. The van der Waals surface area contributed by atoms with Gasteiger partial charge in [0.05, 0.1) is 24.2 Å². The lowest BCUT2D eigenvalue weighted by molar-refractivity contribution is 0.0531. The molecule has 8 heteroatoms. The van der Waals surface area contributed by atoms with E-state index < -0.39 is 0 Å². The molecule has 0 aliphatic rings. The maximum atomic E-state index is 12.2. The lowest BCUT2D eigenvalue weighted by Gasteiger charge is -2.07. The summed E-state index contributed by atoms with van der Waals surface area (Å²) in [5, 5.41) is 5.25. The van der Waals surface area contributed by atoms with Gasteiger partial charge in [0.15, 0.2) is 0 Å². The van der Waals surface area contributed by atoms with Crippen molar-refractivity contribution < 1.29 is 9.53 Å². The third kappa shape index (κ3) is 3.50. The highest BCUT2D eigenvalue weighted by Gasteiger charge is 2.21. The first kappa shape index (κ1) is 17.8. The van der Waals surface area contributed by atoms with Gasteiger partial charge in [0.25, 0.3) is 0 Å². The van der Waals surface area contributed by atoms with E-state index in [0.29, 0.717) is 23.9 Å². The summed E-state index contributed by atoms with van der Waals surface area (Å²) in [6.07, 6.45) is 0. The maximum Gasteiger partial charge on any atom is 0.348 e. The number of carbonyl (C=O) groups excluding carboxylic acids is 1. The maximum absolute atomic E-state index is 12.2. The van der Waals surface area contributed by atoms with Gasteiger partial charge in [-0.2, -0.15) is 0 Å². The van der Waals surface area contributed by atoms with Crippen LogP contribution in [0.1, 0.15) is 43.6 Å². The summed E-state index contributed by atoms with van der Waals surface area (Å²) in [7, 11) is 0. The first-order valence-corrected chi connectivity index (χ1v) is 9.65. The van der Waals surface area contributed by atoms with Crippen LogP contribution >= 0.6 is 22.7 Å². The van der Waals surface area contributed by atoms with Gasteiger partial charge in [-0.25, -0.2) is 19.7 Å². The fourth-order valence-electron chi connectivity index (χ4n) is 2.54. The number of thiophene rings is 1. The highest BCUT2D eigenvalue weighted by molar-refractivity contribution is 7.20. The predicted molar refractivity (Wildman–Crippen MR) is 102 cm³/mol. The molecule has 25 heavy (non-hydrogen) atoms. The van der Waals surface area contributed by atoms with Crippen molar-refractivity contribution in [1.82, 2.24) is 15.0 Å². The number of fused-ring (bicyclic) bond motifs is 1. The molecule has 3 aromatic rings. The Morgan fingerprint density at radius 1 is 1.12 bits per heavy atom. The van der Waals surface area contributed by atoms with Gasteiger partial charge in [-0.3, -0.25) is 0 Å². The highest BCUT2D eigenvalue weighted by Crippen LogP contribution is 2.34. The van der Waals surface area contributed by atoms with Gasteiger partial charge in [0.2, 0.25) is 0 Å². The van der Waals surface area contributed by atoms with Crippen LogP contribution in [-0.2, 0) is 11.3 Å². The molecule has 0 spiro atoms. The van der Waals surface area contributed by atoms with Crippen LogP contribution < -0.4 is 5.32 Å². The van der Waals surface area contributed by atoms with Crippen LogP contribution in [0.4, 0.5) is 5.82 Å². The molecule has 0 amide bonds. The molecular weight excluding hydrogens is 356 g/mol. The van der Waals surface area contributed by atoms with E-state index in [9.17, 15) is 4.79 Å². The SMILES string of the molecule is CCOC(=O)c1sc2nc(C)nc(NCc3nc(C)c(C)s3)c2c1C. The second-order valence-corrected chi connectivity index (χ2v) is 7.97. The number of esters is 1. The van der Waals surface area contributed by atoms with Gasteiger partial charge < -0.3 is 10.1 Å². The number of hydrogen-bond donors (Lipinski definition) is 1. The van der Waals surface area contributed by atoms with Crippen LogP contribution in [0.2, 0.25) is 0 Å². The molecule has 0 saturated heterocycles. The normalized spacial score (nSPS) is 11.1. The topological polar surface area (TPSA) is 77.0 Å². The Kier molecular flexibility index (Phi) is 5.01. The molecule has 3 rings (SSSR count). The van der Waals surface area contributed by atoms with Crippen molar-refractivity contribution in [3.63, 3.8) is 0 Å². The van der Waals surface area contributed by atoms with Crippen LogP contribution in [0.25, 0.3) is 10.2 Å². The fraction of sp³-hybridized carbons (Fsp3) is 0.412. The quantitative estimate of drug-likeness (QED) is 0.674. The first-order valence-electron chi connectivity index (χ1n) is 8.02. The molecule has 0 aromatic carbocycles. The fourth-order valence-corrected chi connectivity index (χ4v) is 4.53. The predicted octanol–water partition coefficient (Wildman–Crippen LogP) is 4.17. The molecular formula is C17H20N4O2S2. The van der Waals surface area contributed by atoms with E-state index >= 15 is 0 Å². The summed E-state index contributed by atoms with van der Waals surface area (Å²) < 4.78 is 5.15. The van der Waals surface area contributed by atoms with Gasteiger partial charge in [-0.1, -0.05) is 0 Å². The van der Waals surface area contributed by atoms with E-state index in [1.54, 1.807) is 18.3 Å². The molecule has 0 aliphatic heterocycles. The standard InChI is InChI=1S/C17H20N4O2S2/c1-6-23-17(22)14-8(2)13-15(20-11(5)21-16(13)25-14)18-7-12-19-9(3)10(4)24-12/h6-7H2,1-5H3,(H,18,20,21). The van der Waals surface area contributed by atoms with Crippen molar-refractivity contribution >= 4 is 44.7 Å². The number of anilines is 1. The summed E-state index contributed by atoms with van der Waals surface area (Å²) in [6, 6.07) is 0. The summed E-state index contributed by atoms with van der Waals surface area (Å²) in [4.78, 5) is 28.3. The van der Waals surface area contributed by atoms with Crippen LogP contribution in [0.5, 0.6) is 0 Å². The van der Waals surface area contributed by atoms with Crippen LogP contribution in [0.15, 0.2) is 0 Å².